The van der Waals surface area contributed by atoms with Crippen molar-refractivity contribution in [3.63, 3.8) is 0 Å². The molecule has 1 rings (SSSR count). The molecular formula is C13H22BrNOSi. The Balaban J connectivity index is 3.09. The number of hydrogen-bond donors (Lipinski definition) is 1. The van der Waals surface area contributed by atoms with Gasteiger partial charge in [0, 0.05) is 4.47 Å². The number of halogens is 1. The molecule has 0 aromatic heterocycles. The van der Waals surface area contributed by atoms with Gasteiger partial charge in [0.15, 0.2) is 0 Å². The minimum Gasteiger partial charge on any atom is -0.542 e. The first-order chi connectivity index (χ1) is 7.56. The second kappa shape index (κ2) is 4.65. The van der Waals surface area contributed by atoms with E-state index < -0.39 is 8.32 Å². The molecule has 2 N–H and O–H groups in total. The van der Waals surface area contributed by atoms with Gasteiger partial charge < -0.3 is 10.2 Å². The number of hydrogen-bond acceptors (Lipinski definition) is 2. The van der Waals surface area contributed by atoms with Gasteiger partial charge in [0.25, 0.3) is 8.32 Å². The fourth-order valence-corrected chi connectivity index (χ4v) is 2.57. The lowest BCUT2D eigenvalue weighted by molar-refractivity contribution is 0.493. The number of benzene rings is 1. The second-order valence-electron chi connectivity index (χ2n) is 5.95. The normalized spacial score (nSPS) is 12.6. The largest absolute Gasteiger partial charge is 0.542 e. The Labute approximate surface area is 114 Å². The van der Waals surface area contributed by atoms with Crippen LogP contribution < -0.4 is 10.2 Å². The van der Waals surface area contributed by atoms with Gasteiger partial charge in [0.1, 0.15) is 5.75 Å². The lowest BCUT2D eigenvalue weighted by Crippen LogP contribution is -2.44. The smallest absolute Gasteiger partial charge is 0.250 e. The van der Waals surface area contributed by atoms with Gasteiger partial charge in [-0.2, -0.15) is 0 Å². The molecule has 4 heteroatoms. The molecule has 2 nitrogen and oxygen atoms in total. The topological polar surface area (TPSA) is 35.2 Å². The number of nitrogen functional groups attached to an aromatic ring is 1. The first-order valence-corrected chi connectivity index (χ1v) is 9.50. The SMILES string of the molecule is Cc1c(Br)ccc(O[Si](C)(C)C(C)(C)C)c1N. The molecule has 0 spiro atoms. The van der Waals surface area contributed by atoms with E-state index in [9.17, 15) is 0 Å². The third kappa shape index (κ3) is 3.04. The Hall–Kier alpha value is -0.483. The van der Waals surface area contributed by atoms with Crippen molar-refractivity contribution >= 4 is 29.9 Å². The van der Waals surface area contributed by atoms with Crippen LogP contribution in [0, 0.1) is 6.92 Å². The van der Waals surface area contributed by atoms with Crippen LogP contribution in [0.2, 0.25) is 18.1 Å². The van der Waals surface area contributed by atoms with E-state index in [-0.39, 0.29) is 5.04 Å². The van der Waals surface area contributed by atoms with Crippen LogP contribution in [0.15, 0.2) is 16.6 Å². The summed E-state index contributed by atoms with van der Waals surface area (Å²) in [5, 5.41) is 0.181. The first kappa shape index (κ1) is 14.6. The van der Waals surface area contributed by atoms with Gasteiger partial charge >= 0.3 is 0 Å². The van der Waals surface area contributed by atoms with Crippen molar-refractivity contribution < 1.29 is 4.43 Å². The lowest BCUT2D eigenvalue weighted by atomic mass is 10.2. The zero-order valence-corrected chi connectivity index (χ0v) is 14.1. The van der Waals surface area contributed by atoms with E-state index >= 15 is 0 Å². The Kier molecular flexibility index (Phi) is 3.99. The summed E-state index contributed by atoms with van der Waals surface area (Å²) in [5.41, 5.74) is 7.88. The number of rotatable bonds is 2. The maximum Gasteiger partial charge on any atom is 0.250 e. The van der Waals surface area contributed by atoms with E-state index in [1.807, 2.05) is 19.1 Å². The Morgan fingerprint density at radius 2 is 1.76 bits per heavy atom. The van der Waals surface area contributed by atoms with Crippen LogP contribution in [-0.4, -0.2) is 8.32 Å². The summed E-state index contributed by atoms with van der Waals surface area (Å²) in [6, 6.07) is 3.95. The van der Waals surface area contributed by atoms with E-state index in [1.54, 1.807) is 0 Å². The van der Waals surface area contributed by atoms with E-state index in [1.165, 1.54) is 0 Å². The Morgan fingerprint density at radius 3 is 2.24 bits per heavy atom. The van der Waals surface area contributed by atoms with E-state index in [2.05, 4.69) is 49.8 Å². The molecule has 0 unspecified atom stereocenters. The predicted octanol–water partition coefficient (Wildman–Crippen LogP) is 4.72. The molecule has 96 valence electrons. The highest BCUT2D eigenvalue weighted by Gasteiger charge is 2.39. The molecule has 0 amide bonds. The molecule has 0 atom stereocenters. The highest BCUT2D eigenvalue weighted by Crippen LogP contribution is 2.40. The van der Waals surface area contributed by atoms with Gasteiger partial charge in [-0.25, -0.2) is 0 Å². The Bertz CT molecular complexity index is 424. The lowest BCUT2D eigenvalue weighted by Gasteiger charge is -2.37. The molecule has 0 aliphatic carbocycles. The molecule has 0 bridgehead atoms. The van der Waals surface area contributed by atoms with Crippen LogP contribution in [0.4, 0.5) is 5.69 Å². The fourth-order valence-electron chi connectivity index (χ4n) is 1.19. The summed E-state index contributed by atoms with van der Waals surface area (Å²) < 4.78 is 7.25. The van der Waals surface area contributed by atoms with Gasteiger partial charge in [0.05, 0.1) is 5.69 Å². The summed E-state index contributed by atoms with van der Waals surface area (Å²) in [7, 11) is -1.81. The van der Waals surface area contributed by atoms with Gasteiger partial charge in [-0.05, 0) is 42.8 Å². The molecule has 0 aliphatic heterocycles. The summed E-state index contributed by atoms with van der Waals surface area (Å²) in [4.78, 5) is 0. The average Bonchev–Trinajstić information content (AvgIpc) is 2.17. The first-order valence-electron chi connectivity index (χ1n) is 5.80. The van der Waals surface area contributed by atoms with Gasteiger partial charge in [-0.3, -0.25) is 0 Å². The van der Waals surface area contributed by atoms with Crippen LogP contribution in [0.1, 0.15) is 26.3 Å². The van der Waals surface area contributed by atoms with Crippen molar-refractivity contribution in [2.24, 2.45) is 0 Å². The summed E-state index contributed by atoms with van der Waals surface area (Å²) in [6.45, 7) is 13.1. The highest BCUT2D eigenvalue weighted by atomic mass is 79.9. The molecule has 1 aromatic rings. The fraction of sp³-hybridized carbons (Fsp3) is 0.538. The van der Waals surface area contributed by atoms with E-state index in [0.29, 0.717) is 0 Å². The van der Waals surface area contributed by atoms with Gasteiger partial charge in [0.2, 0.25) is 0 Å². The molecule has 0 heterocycles. The zero-order chi connectivity index (χ0) is 13.4. The molecule has 0 saturated heterocycles. The molecule has 0 saturated carbocycles. The average molecular weight is 316 g/mol. The van der Waals surface area contributed by atoms with Crippen molar-refractivity contribution in [1.82, 2.24) is 0 Å². The zero-order valence-electron chi connectivity index (χ0n) is 11.5. The molecule has 1 aromatic carbocycles. The van der Waals surface area contributed by atoms with Gasteiger partial charge in [-0.1, -0.05) is 36.7 Å². The summed E-state index contributed by atoms with van der Waals surface area (Å²) >= 11 is 3.48. The third-order valence-electron chi connectivity index (χ3n) is 3.58. The van der Waals surface area contributed by atoms with Crippen LogP contribution in [-0.2, 0) is 0 Å². The van der Waals surface area contributed by atoms with Crippen LogP contribution in [0.3, 0.4) is 0 Å². The maximum atomic E-state index is 6.23. The van der Waals surface area contributed by atoms with Crippen molar-refractivity contribution in [2.75, 3.05) is 5.73 Å². The highest BCUT2D eigenvalue weighted by molar-refractivity contribution is 9.10. The van der Waals surface area contributed by atoms with E-state index in [0.717, 1.165) is 21.5 Å². The van der Waals surface area contributed by atoms with Crippen molar-refractivity contribution in [3.8, 4) is 5.75 Å². The van der Waals surface area contributed by atoms with Gasteiger partial charge in [-0.15, -0.1) is 0 Å². The molecule has 0 radical (unpaired) electrons. The van der Waals surface area contributed by atoms with Crippen molar-refractivity contribution in [1.29, 1.82) is 0 Å². The third-order valence-corrected chi connectivity index (χ3v) is 8.78. The number of nitrogens with two attached hydrogens (primary N) is 1. The van der Waals surface area contributed by atoms with Crippen molar-refractivity contribution in [3.05, 3.63) is 22.2 Å². The summed E-state index contributed by atoms with van der Waals surface area (Å²) in [6.07, 6.45) is 0. The van der Waals surface area contributed by atoms with Crippen molar-refractivity contribution in [2.45, 2.75) is 45.8 Å². The van der Waals surface area contributed by atoms with Crippen LogP contribution in [0.25, 0.3) is 0 Å². The minimum atomic E-state index is -1.81. The predicted molar refractivity (Wildman–Crippen MR) is 81.1 cm³/mol. The number of anilines is 1. The maximum absolute atomic E-state index is 6.23. The van der Waals surface area contributed by atoms with Crippen LogP contribution >= 0.6 is 15.9 Å². The minimum absolute atomic E-state index is 0.181. The van der Waals surface area contributed by atoms with Crippen LogP contribution in [0.5, 0.6) is 5.75 Å². The molecular weight excluding hydrogens is 294 g/mol. The summed E-state index contributed by atoms with van der Waals surface area (Å²) in [5.74, 6) is 0.817. The Morgan fingerprint density at radius 1 is 1.24 bits per heavy atom. The molecule has 17 heavy (non-hydrogen) atoms. The monoisotopic (exact) mass is 315 g/mol. The molecule has 0 aliphatic rings. The quantitative estimate of drug-likeness (QED) is 0.633. The van der Waals surface area contributed by atoms with E-state index in [4.69, 9.17) is 10.2 Å². The standard InChI is InChI=1S/C13H22BrNOSi/c1-9-10(14)7-8-11(12(9)15)16-17(5,6)13(2,3)4/h7-8H,15H2,1-6H3. The molecule has 0 fully saturated rings. The second-order valence-corrected chi connectivity index (χ2v) is 11.5.